The summed E-state index contributed by atoms with van der Waals surface area (Å²) in [5.41, 5.74) is 5.95. The van der Waals surface area contributed by atoms with E-state index in [1.165, 1.54) is 16.7 Å². The lowest BCUT2D eigenvalue weighted by Gasteiger charge is -2.10. The van der Waals surface area contributed by atoms with Crippen LogP contribution < -0.4 is 0 Å². The maximum atomic E-state index is 5.07. The molecule has 2 rings (SSSR count). The zero-order valence-electron chi connectivity index (χ0n) is 9.66. The Kier molecular flexibility index (Phi) is 2.88. The summed E-state index contributed by atoms with van der Waals surface area (Å²) in [6, 6.07) is 6.29. The molecule has 1 aromatic heterocycles. The van der Waals surface area contributed by atoms with Gasteiger partial charge in [0, 0.05) is 11.8 Å². The van der Waals surface area contributed by atoms with E-state index in [-0.39, 0.29) is 0 Å². The molecule has 2 nitrogen and oxygen atoms in total. The first-order valence-electron chi connectivity index (χ1n) is 5.22. The fraction of sp³-hybridized carbons (Fsp3) is 0.231. The van der Waals surface area contributed by atoms with Crippen molar-refractivity contribution < 1.29 is 0 Å². The molecule has 0 atom stereocenters. The molecule has 1 N–H and O–H groups in total. The van der Waals surface area contributed by atoms with Crippen LogP contribution in [0.2, 0.25) is 0 Å². The number of nitrogens with zero attached hydrogens (tertiary/aromatic N) is 1. The molecule has 82 valence electrons. The molecule has 2 aromatic rings. The van der Waals surface area contributed by atoms with Gasteiger partial charge < -0.3 is 4.98 Å². The molecule has 0 aliphatic heterocycles. The Balaban J connectivity index is 2.72. The van der Waals surface area contributed by atoms with E-state index >= 15 is 0 Å². The number of hydrogen-bond donors (Lipinski definition) is 1. The number of H-pyrrole nitrogens is 1. The number of benzene rings is 1. The van der Waals surface area contributed by atoms with Gasteiger partial charge in [-0.15, -0.1) is 0 Å². The molecule has 0 spiro atoms. The molecular formula is C13H14N2S. The lowest BCUT2D eigenvalue weighted by atomic mass is 9.99. The van der Waals surface area contributed by atoms with Gasteiger partial charge in [0.1, 0.15) is 0 Å². The highest BCUT2D eigenvalue weighted by Crippen LogP contribution is 2.25. The van der Waals surface area contributed by atoms with Crippen molar-refractivity contribution in [2.75, 3.05) is 0 Å². The second-order valence-electron chi connectivity index (χ2n) is 3.99. The number of rotatable bonds is 1. The Morgan fingerprint density at radius 1 is 1.12 bits per heavy atom. The first kappa shape index (κ1) is 11.0. The maximum Gasteiger partial charge on any atom is 0.197 e. The van der Waals surface area contributed by atoms with Crippen molar-refractivity contribution in [3.8, 4) is 11.3 Å². The van der Waals surface area contributed by atoms with Gasteiger partial charge in [-0.2, -0.15) is 0 Å². The number of nitrogens with one attached hydrogen (secondary N) is 1. The van der Waals surface area contributed by atoms with Crippen LogP contribution in [0.4, 0.5) is 0 Å². The number of aromatic nitrogens is 2. The van der Waals surface area contributed by atoms with Gasteiger partial charge in [-0.05, 0) is 49.7 Å². The minimum absolute atomic E-state index is 0.529. The molecule has 0 bridgehead atoms. The van der Waals surface area contributed by atoms with Crippen LogP contribution in [0.3, 0.4) is 0 Å². The summed E-state index contributed by atoms with van der Waals surface area (Å²) in [4.78, 5) is 7.24. The zero-order valence-corrected chi connectivity index (χ0v) is 10.5. The standard InChI is InChI=1S/C13H14N2S/c1-8-5-4-6-11(10(8)3)12-9(2)7-14-13(16)15-12/h4-7H,1-3H3,(H,14,15,16). The third-order valence-electron chi connectivity index (χ3n) is 2.88. The van der Waals surface area contributed by atoms with Crippen molar-refractivity contribution in [2.45, 2.75) is 20.8 Å². The Morgan fingerprint density at radius 3 is 2.62 bits per heavy atom. The van der Waals surface area contributed by atoms with Crippen molar-refractivity contribution in [1.29, 1.82) is 0 Å². The Bertz CT molecular complexity index is 585. The zero-order chi connectivity index (χ0) is 11.7. The summed E-state index contributed by atoms with van der Waals surface area (Å²) in [5.74, 6) is 0. The quantitative estimate of drug-likeness (QED) is 0.756. The first-order valence-corrected chi connectivity index (χ1v) is 5.63. The summed E-state index contributed by atoms with van der Waals surface area (Å²) in [7, 11) is 0. The van der Waals surface area contributed by atoms with E-state index in [1.807, 2.05) is 13.1 Å². The SMILES string of the molecule is Cc1cnc(=S)[nH]c1-c1cccc(C)c1C. The first-order chi connectivity index (χ1) is 7.59. The van der Waals surface area contributed by atoms with E-state index in [0.717, 1.165) is 11.3 Å². The summed E-state index contributed by atoms with van der Waals surface area (Å²) < 4.78 is 0.529. The lowest BCUT2D eigenvalue weighted by Crippen LogP contribution is -1.94. The van der Waals surface area contributed by atoms with Crippen molar-refractivity contribution in [1.82, 2.24) is 9.97 Å². The van der Waals surface area contributed by atoms with Crippen LogP contribution in [-0.4, -0.2) is 9.97 Å². The van der Waals surface area contributed by atoms with Crippen LogP contribution in [0.15, 0.2) is 24.4 Å². The average Bonchev–Trinajstić information content (AvgIpc) is 2.26. The molecule has 0 amide bonds. The minimum atomic E-state index is 0.529. The fourth-order valence-corrected chi connectivity index (χ4v) is 1.91. The fourth-order valence-electron chi connectivity index (χ4n) is 1.76. The van der Waals surface area contributed by atoms with Gasteiger partial charge in [0.25, 0.3) is 0 Å². The molecule has 1 heterocycles. The monoisotopic (exact) mass is 230 g/mol. The van der Waals surface area contributed by atoms with Crippen LogP contribution in [0.25, 0.3) is 11.3 Å². The molecule has 1 aromatic carbocycles. The Labute approximate surface area is 100 Å². The van der Waals surface area contributed by atoms with E-state index in [4.69, 9.17) is 12.2 Å². The average molecular weight is 230 g/mol. The summed E-state index contributed by atoms with van der Waals surface area (Å²) >= 11 is 5.07. The molecule has 0 unspecified atom stereocenters. The molecule has 3 heteroatoms. The lowest BCUT2D eigenvalue weighted by molar-refractivity contribution is 1.10. The third-order valence-corrected chi connectivity index (χ3v) is 3.08. The van der Waals surface area contributed by atoms with Gasteiger partial charge in [0.05, 0.1) is 5.69 Å². The molecule has 0 saturated carbocycles. The molecule has 0 fully saturated rings. The van der Waals surface area contributed by atoms with Crippen LogP contribution in [-0.2, 0) is 0 Å². The van der Waals surface area contributed by atoms with E-state index in [2.05, 4.69) is 42.0 Å². The van der Waals surface area contributed by atoms with Crippen LogP contribution >= 0.6 is 12.2 Å². The molecule has 16 heavy (non-hydrogen) atoms. The van der Waals surface area contributed by atoms with Gasteiger partial charge in [-0.1, -0.05) is 18.2 Å². The van der Waals surface area contributed by atoms with Crippen molar-refractivity contribution in [3.63, 3.8) is 0 Å². The van der Waals surface area contributed by atoms with E-state index in [0.29, 0.717) is 4.77 Å². The van der Waals surface area contributed by atoms with Crippen LogP contribution in [0.1, 0.15) is 16.7 Å². The van der Waals surface area contributed by atoms with Gasteiger partial charge in [-0.25, -0.2) is 4.98 Å². The molecule has 0 saturated heterocycles. The van der Waals surface area contributed by atoms with E-state index in [1.54, 1.807) is 0 Å². The van der Waals surface area contributed by atoms with Gasteiger partial charge in [0.15, 0.2) is 4.77 Å². The molecule has 0 aliphatic rings. The molecule has 0 aliphatic carbocycles. The highest BCUT2D eigenvalue weighted by molar-refractivity contribution is 7.71. The van der Waals surface area contributed by atoms with Crippen LogP contribution in [0, 0.1) is 25.5 Å². The topological polar surface area (TPSA) is 28.7 Å². The predicted octanol–water partition coefficient (Wildman–Crippen LogP) is 3.73. The number of hydrogen-bond acceptors (Lipinski definition) is 2. The normalized spacial score (nSPS) is 10.4. The van der Waals surface area contributed by atoms with E-state index in [9.17, 15) is 0 Å². The van der Waals surface area contributed by atoms with E-state index < -0.39 is 0 Å². The Morgan fingerprint density at radius 2 is 1.88 bits per heavy atom. The Hall–Kier alpha value is -1.48. The maximum absolute atomic E-state index is 5.07. The highest BCUT2D eigenvalue weighted by atomic mass is 32.1. The number of aromatic amines is 1. The molecular weight excluding hydrogens is 216 g/mol. The van der Waals surface area contributed by atoms with Crippen LogP contribution in [0.5, 0.6) is 0 Å². The predicted molar refractivity (Wildman–Crippen MR) is 69.1 cm³/mol. The second-order valence-corrected chi connectivity index (χ2v) is 4.38. The summed E-state index contributed by atoms with van der Waals surface area (Å²) in [5, 5.41) is 0. The van der Waals surface area contributed by atoms with Gasteiger partial charge in [0.2, 0.25) is 0 Å². The van der Waals surface area contributed by atoms with Crippen molar-refractivity contribution >= 4 is 12.2 Å². The summed E-state index contributed by atoms with van der Waals surface area (Å²) in [6.45, 7) is 6.28. The van der Waals surface area contributed by atoms with Crippen molar-refractivity contribution in [2.24, 2.45) is 0 Å². The second kappa shape index (κ2) is 4.18. The van der Waals surface area contributed by atoms with Gasteiger partial charge in [-0.3, -0.25) is 0 Å². The largest absolute Gasteiger partial charge is 0.330 e. The summed E-state index contributed by atoms with van der Waals surface area (Å²) in [6.07, 6.45) is 1.82. The highest BCUT2D eigenvalue weighted by Gasteiger charge is 2.06. The van der Waals surface area contributed by atoms with Crippen molar-refractivity contribution in [3.05, 3.63) is 45.9 Å². The van der Waals surface area contributed by atoms with Gasteiger partial charge >= 0.3 is 0 Å². The number of aryl methyl sites for hydroxylation is 2. The smallest absolute Gasteiger partial charge is 0.197 e. The molecule has 0 radical (unpaired) electrons. The third kappa shape index (κ3) is 1.91. The minimum Gasteiger partial charge on any atom is -0.330 e.